The van der Waals surface area contributed by atoms with Gasteiger partial charge in [0.15, 0.2) is 0 Å². The molecule has 1 aliphatic rings. The highest BCUT2D eigenvalue weighted by atomic mass is 16.5. The zero-order chi connectivity index (χ0) is 12.3. The van der Waals surface area contributed by atoms with Gasteiger partial charge in [-0.15, -0.1) is 0 Å². The molecule has 1 atom stereocenters. The van der Waals surface area contributed by atoms with Gasteiger partial charge in [0, 0.05) is 13.1 Å². The average molecular weight is 229 g/mol. The first-order chi connectivity index (χ1) is 7.35. The summed E-state index contributed by atoms with van der Waals surface area (Å²) < 4.78 is 10.3. The number of ether oxygens (including phenoxy) is 2. The van der Waals surface area contributed by atoms with E-state index in [0.29, 0.717) is 13.1 Å². The van der Waals surface area contributed by atoms with Crippen molar-refractivity contribution in [2.24, 2.45) is 0 Å². The van der Waals surface area contributed by atoms with E-state index in [1.54, 1.807) is 6.92 Å². The number of carbonyl (C=O) groups excluding carboxylic acids is 2. The fraction of sp³-hybridized carbons (Fsp3) is 0.818. The molecule has 0 saturated carbocycles. The molecule has 1 rings (SSSR count). The number of nitrogens with zero attached hydrogens (tertiary/aromatic N) is 1. The first kappa shape index (κ1) is 13.0. The van der Waals surface area contributed by atoms with Crippen LogP contribution >= 0.6 is 0 Å². The number of hydrogen-bond acceptors (Lipinski definition) is 4. The summed E-state index contributed by atoms with van der Waals surface area (Å²) in [5, 5.41) is 0. The van der Waals surface area contributed by atoms with Gasteiger partial charge in [-0.25, -0.2) is 4.79 Å². The summed E-state index contributed by atoms with van der Waals surface area (Å²) in [4.78, 5) is 24.5. The quantitative estimate of drug-likeness (QED) is 0.487. The van der Waals surface area contributed by atoms with Crippen LogP contribution in [0.1, 0.15) is 27.7 Å². The maximum atomic E-state index is 11.7. The van der Waals surface area contributed by atoms with Gasteiger partial charge in [0.1, 0.15) is 0 Å². The van der Waals surface area contributed by atoms with E-state index < -0.39 is 17.5 Å². The normalized spacial score (nSPS) is 24.0. The number of carbonyl (C=O) groups is 2. The van der Waals surface area contributed by atoms with E-state index in [-0.39, 0.29) is 12.7 Å². The number of morpholine rings is 1. The van der Waals surface area contributed by atoms with E-state index in [9.17, 15) is 9.59 Å². The minimum Gasteiger partial charge on any atom is -0.459 e. The van der Waals surface area contributed by atoms with E-state index in [0.717, 1.165) is 0 Å². The Morgan fingerprint density at radius 3 is 2.62 bits per heavy atom. The van der Waals surface area contributed by atoms with E-state index >= 15 is 0 Å². The second kappa shape index (κ2) is 4.82. The predicted octanol–water partition coefficient (Wildman–Crippen LogP) is 0.575. The molecule has 5 nitrogen and oxygen atoms in total. The molecule has 1 unspecified atom stereocenters. The summed E-state index contributed by atoms with van der Waals surface area (Å²) in [6.45, 7) is 8.41. The van der Waals surface area contributed by atoms with Gasteiger partial charge in [-0.3, -0.25) is 4.79 Å². The molecule has 1 saturated heterocycles. The van der Waals surface area contributed by atoms with Crippen LogP contribution in [0.15, 0.2) is 0 Å². The molecule has 0 radical (unpaired) electrons. The summed E-state index contributed by atoms with van der Waals surface area (Å²) in [6, 6.07) is 0. The van der Waals surface area contributed by atoms with Crippen LogP contribution < -0.4 is 0 Å². The Labute approximate surface area is 95.7 Å². The lowest BCUT2D eigenvalue weighted by atomic mass is 10.1. The molecule has 1 fully saturated rings. The van der Waals surface area contributed by atoms with E-state index in [1.807, 2.05) is 20.8 Å². The van der Waals surface area contributed by atoms with Crippen molar-refractivity contribution >= 4 is 11.9 Å². The zero-order valence-electron chi connectivity index (χ0n) is 10.3. The lowest BCUT2D eigenvalue weighted by molar-refractivity contribution is -0.172. The Kier molecular flexibility index (Phi) is 3.91. The second-order valence-electron chi connectivity index (χ2n) is 4.59. The minimum atomic E-state index is -0.785. The number of amides is 1. The summed E-state index contributed by atoms with van der Waals surface area (Å²) >= 11 is 0. The van der Waals surface area contributed by atoms with Gasteiger partial charge < -0.3 is 14.4 Å². The second-order valence-corrected chi connectivity index (χ2v) is 4.59. The largest absolute Gasteiger partial charge is 0.459 e. The van der Waals surface area contributed by atoms with Crippen LogP contribution in [0, 0.1) is 0 Å². The van der Waals surface area contributed by atoms with Gasteiger partial charge in [0.05, 0.1) is 18.3 Å². The molecule has 0 aromatic rings. The third-order valence-corrected chi connectivity index (χ3v) is 2.31. The molecular formula is C11H19NO4. The van der Waals surface area contributed by atoms with Crippen LogP contribution in [-0.4, -0.2) is 48.2 Å². The molecule has 0 bridgehead atoms. The molecule has 0 N–H and O–H groups in total. The van der Waals surface area contributed by atoms with Gasteiger partial charge in [-0.05, 0) is 27.7 Å². The fourth-order valence-electron chi connectivity index (χ4n) is 1.93. The zero-order valence-corrected chi connectivity index (χ0v) is 10.3. The standard InChI is InChI=1S/C11H19NO4/c1-5-15-10(14)9(13)12-6-8(2)16-11(3,4)7-12/h8H,5-7H2,1-4H3. The van der Waals surface area contributed by atoms with Crippen LogP contribution in [0.2, 0.25) is 0 Å². The molecule has 1 aliphatic heterocycles. The van der Waals surface area contributed by atoms with Crippen LogP contribution in [0.5, 0.6) is 0 Å². The van der Waals surface area contributed by atoms with Crippen LogP contribution in [0.4, 0.5) is 0 Å². The van der Waals surface area contributed by atoms with E-state index in [1.165, 1.54) is 4.90 Å². The van der Waals surface area contributed by atoms with Crippen molar-refractivity contribution in [1.29, 1.82) is 0 Å². The summed E-state index contributed by atoms with van der Waals surface area (Å²) in [7, 11) is 0. The van der Waals surface area contributed by atoms with Crippen molar-refractivity contribution in [3.05, 3.63) is 0 Å². The predicted molar refractivity (Wildman–Crippen MR) is 57.8 cm³/mol. The fourth-order valence-corrected chi connectivity index (χ4v) is 1.93. The molecule has 0 aliphatic carbocycles. The highest BCUT2D eigenvalue weighted by Gasteiger charge is 2.36. The van der Waals surface area contributed by atoms with Gasteiger partial charge >= 0.3 is 11.9 Å². The molecule has 1 heterocycles. The number of rotatable bonds is 1. The SMILES string of the molecule is CCOC(=O)C(=O)N1CC(C)OC(C)(C)C1. The maximum Gasteiger partial charge on any atom is 0.397 e. The van der Waals surface area contributed by atoms with Crippen molar-refractivity contribution in [2.45, 2.75) is 39.4 Å². The Hall–Kier alpha value is -1.10. The van der Waals surface area contributed by atoms with Gasteiger partial charge in [0.25, 0.3) is 0 Å². The molecule has 0 aromatic heterocycles. The first-order valence-electron chi connectivity index (χ1n) is 5.49. The number of esters is 1. The van der Waals surface area contributed by atoms with E-state index in [4.69, 9.17) is 4.74 Å². The topological polar surface area (TPSA) is 55.8 Å². The monoisotopic (exact) mass is 229 g/mol. The molecular weight excluding hydrogens is 210 g/mol. The van der Waals surface area contributed by atoms with Gasteiger partial charge in [-0.1, -0.05) is 0 Å². The van der Waals surface area contributed by atoms with Crippen LogP contribution in [0.3, 0.4) is 0 Å². The minimum absolute atomic E-state index is 0.0675. The third kappa shape index (κ3) is 3.20. The molecule has 92 valence electrons. The molecule has 16 heavy (non-hydrogen) atoms. The van der Waals surface area contributed by atoms with Crippen molar-refractivity contribution in [2.75, 3.05) is 19.7 Å². The summed E-state index contributed by atoms with van der Waals surface area (Å²) in [6.07, 6.45) is -0.0675. The Bertz CT molecular complexity index is 288. The summed E-state index contributed by atoms with van der Waals surface area (Å²) in [5.74, 6) is -1.36. The third-order valence-electron chi connectivity index (χ3n) is 2.31. The lowest BCUT2D eigenvalue weighted by Gasteiger charge is -2.41. The average Bonchev–Trinajstić information content (AvgIpc) is 2.13. The Morgan fingerprint density at radius 1 is 1.50 bits per heavy atom. The van der Waals surface area contributed by atoms with Gasteiger partial charge in [-0.2, -0.15) is 0 Å². The van der Waals surface area contributed by atoms with Gasteiger partial charge in [0.2, 0.25) is 0 Å². The Morgan fingerprint density at radius 2 is 2.12 bits per heavy atom. The lowest BCUT2D eigenvalue weighted by Crippen LogP contribution is -2.55. The highest BCUT2D eigenvalue weighted by molar-refractivity contribution is 6.32. The molecule has 0 spiro atoms. The maximum absolute atomic E-state index is 11.7. The molecule has 5 heteroatoms. The van der Waals surface area contributed by atoms with Crippen molar-refractivity contribution in [3.63, 3.8) is 0 Å². The van der Waals surface area contributed by atoms with Crippen molar-refractivity contribution in [1.82, 2.24) is 4.90 Å². The number of hydrogen-bond donors (Lipinski definition) is 0. The van der Waals surface area contributed by atoms with Crippen molar-refractivity contribution < 1.29 is 19.1 Å². The molecule has 1 amide bonds. The Balaban J connectivity index is 2.66. The highest BCUT2D eigenvalue weighted by Crippen LogP contribution is 2.20. The summed E-state index contributed by atoms with van der Waals surface area (Å²) in [5.41, 5.74) is -0.417. The van der Waals surface area contributed by atoms with Crippen molar-refractivity contribution in [3.8, 4) is 0 Å². The van der Waals surface area contributed by atoms with Crippen LogP contribution in [0.25, 0.3) is 0 Å². The van der Waals surface area contributed by atoms with Crippen LogP contribution in [-0.2, 0) is 19.1 Å². The smallest absolute Gasteiger partial charge is 0.397 e. The molecule has 0 aromatic carbocycles. The van der Waals surface area contributed by atoms with E-state index in [2.05, 4.69) is 4.74 Å². The first-order valence-corrected chi connectivity index (χ1v) is 5.49.